The smallest absolute Gasteiger partial charge is 0.338 e. The van der Waals surface area contributed by atoms with Crippen LogP contribution in [0.2, 0.25) is 10.0 Å². The standard InChI is InChI=1S/C24H18Cl2N2O5S/c1-3-31-23(30)20-12(2)27-24-28(21(20)13-4-6-15(25)7-5-13)22(29)19(34-24)9-14-8-17-18(10-16(14)26)33-11-32-17/h4-10,21H,3,11H2,1-2H3/b19-9-/t21-/m1/s1. The number of thiazole rings is 1. The van der Waals surface area contributed by atoms with E-state index in [0.29, 0.717) is 47.7 Å². The van der Waals surface area contributed by atoms with Gasteiger partial charge in [0.15, 0.2) is 16.3 Å². The molecule has 0 aliphatic carbocycles. The first-order valence-corrected chi connectivity index (χ1v) is 12.0. The average Bonchev–Trinajstić information content (AvgIpc) is 3.37. The number of esters is 1. The summed E-state index contributed by atoms with van der Waals surface area (Å²) in [5.74, 6) is 0.598. The minimum atomic E-state index is -0.707. The van der Waals surface area contributed by atoms with Crippen molar-refractivity contribution in [2.24, 2.45) is 4.99 Å². The second-order valence-electron chi connectivity index (χ2n) is 7.58. The fourth-order valence-corrected chi connectivity index (χ4v) is 5.31. The maximum atomic E-state index is 13.6. The van der Waals surface area contributed by atoms with Crippen LogP contribution in [0, 0.1) is 0 Å². The largest absolute Gasteiger partial charge is 0.463 e. The van der Waals surface area contributed by atoms with Crippen LogP contribution in [-0.2, 0) is 9.53 Å². The highest BCUT2D eigenvalue weighted by Crippen LogP contribution is 2.37. The summed E-state index contributed by atoms with van der Waals surface area (Å²) >= 11 is 13.7. The average molecular weight is 517 g/mol. The molecule has 0 N–H and O–H groups in total. The van der Waals surface area contributed by atoms with Crippen LogP contribution in [-0.4, -0.2) is 23.9 Å². The second kappa shape index (κ2) is 8.94. The van der Waals surface area contributed by atoms with Gasteiger partial charge in [0.05, 0.1) is 33.5 Å². The van der Waals surface area contributed by atoms with Gasteiger partial charge in [-0.15, -0.1) is 0 Å². The fraction of sp³-hybridized carbons (Fsp3) is 0.208. The molecule has 5 rings (SSSR count). The number of fused-ring (bicyclic) bond motifs is 2. The Bertz CT molecular complexity index is 1520. The molecule has 0 saturated heterocycles. The summed E-state index contributed by atoms with van der Waals surface area (Å²) in [4.78, 5) is 31.6. The fourth-order valence-electron chi connectivity index (χ4n) is 3.94. The normalized spacial score (nSPS) is 16.9. The molecule has 1 aromatic heterocycles. The maximum Gasteiger partial charge on any atom is 0.338 e. The molecule has 7 nitrogen and oxygen atoms in total. The molecule has 1 atom stereocenters. The van der Waals surface area contributed by atoms with Crippen molar-refractivity contribution >= 4 is 46.6 Å². The topological polar surface area (TPSA) is 79.1 Å². The Labute approximate surface area is 208 Å². The lowest BCUT2D eigenvalue weighted by atomic mass is 9.96. The van der Waals surface area contributed by atoms with Gasteiger partial charge < -0.3 is 14.2 Å². The molecule has 0 spiro atoms. The van der Waals surface area contributed by atoms with Crippen LogP contribution in [0.15, 0.2) is 57.5 Å². The summed E-state index contributed by atoms with van der Waals surface area (Å²) in [6, 6.07) is 9.70. The molecule has 2 aliphatic rings. The van der Waals surface area contributed by atoms with Crippen molar-refractivity contribution in [3.8, 4) is 11.5 Å². The van der Waals surface area contributed by atoms with E-state index in [1.165, 1.54) is 15.9 Å². The Kier molecular flexibility index (Phi) is 5.97. The molecule has 0 unspecified atom stereocenters. The van der Waals surface area contributed by atoms with Crippen LogP contribution < -0.4 is 24.4 Å². The first-order chi connectivity index (χ1) is 16.4. The molecule has 34 heavy (non-hydrogen) atoms. The van der Waals surface area contributed by atoms with Gasteiger partial charge in [-0.1, -0.05) is 46.7 Å². The minimum Gasteiger partial charge on any atom is -0.463 e. The second-order valence-corrected chi connectivity index (χ2v) is 9.43. The number of carbonyl (C=O) groups excluding carboxylic acids is 1. The highest BCUT2D eigenvalue weighted by atomic mass is 35.5. The third-order valence-corrected chi connectivity index (χ3v) is 7.04. The lowest BCUT2D eigenvalue weighted by Gasteiger charge is -2.24. The quantitative estimate of drug-likeness (QED) is 0.492. The predicted octanol–water partition coefficient (Wildman–Crippen LogP) is 3.83. The van der Waals surface area contributed by atoms with Crippen molar-refractivity contribution in [2.75, 3.05) is 13.4 Å². The van der Waals surface area contributed by atoms with E-state index >= 15 is 0 Å². The van der Waals surface area contributed by atoms with Gasteiger partial charge in [-0.25, -0.2) is 9.79 Å². The molecule has 0 radical (unpaired) electrons. The zero-order valence-corrected chi connectivity index (χ0v) is 20.5. The molecule has 10 heteroatoms. The van der Waals surface area contributed by atoms with Crippen LogP contribution in [0.4, 0.5) is 0 Å². The molecule has 174 valence electrons. The Hall–Kier alpha value is -3.07. The minimum absolute atomic E-state index is 0.119. The van der Waals surface area contributed by atoms with E-state index in [1.54, 1.807) is 56.3 Å². The third kappa shape index (κ3) is 3.91. The molecule has 0 fully saturated rings. The van der Waals surface area contributed by atoms with Crippen molar-refractivity contribution in [2.45, 2.75) is 19.9 Å². The maximum absolute atomic E-state index is 13.6. The molecule has 0 bridgehead atoms. The van der Waals surface area contributed by atoms with Gasteiger partial charge >= 0.3 is 5.97 Å². The van der Waals surface area contributed by atoms with Crippen molar-refractivity contribution < 1.29 is 19.0 Å². The van der Waals surface area contributed by atoms with E-state index in [4.69, 9.17) is 37.4 Å². The Morgan fingerprint density at radius 3 is 2.65 bits per heavy atom. The number of allylic oxidation sites excluding steroid dienone is 1. The number of ether oxygens (including phenoxy) is 3. The number of hydrogen-bond donors (Lipinski definition) is 0. The van der Waals surface area contributed by atoms with Gasteiger partial charge in [0.1, 0.15) is 0 Å². The molecule has 3 aromatic rings. The zero-order chi connectivity index (χ0) is 24.0. The van der Waals surface area contributed by atoms with Gasteiger partial charge in [0.25, 0.3) is 5.56 Å². The summed E-state index contributed by atoms with van der Waals surface area (Å²) in [7, 11) is 0. The summed E-state index contributed by atoms with van der Waals surface area (Å²) in [6.07, 6.45) is 1.69. The predicted molar refractivity (Wildman–Crippen MR) is 129 cm³/mol. The third-order valence-electron chi connectivity index (χ3n) is 5.48. The van der Waals surface area contributed by atoms with Crippen molar-refractivity contribution in [1.82, 2.24) is 4.57 Å². The lowest BCUT2D eigenvalue weighted by molar-refractivity contribution is -0.139. The van der Waals surface area contributed by atoms with Crippen molar-refractivity contribution in [1.29, 1.82) is 0 Å². The number of rotatable bonds is 4. The zero-order valence-electron chi connectivity index (χ0n) is 18.1. The van der Waals surface area contributed by atoms with E-state index in [1.807, 2.05) is 0 Å². The Morgan fingerprint density at radius 2 is 1.94 bits per heavy atom. The number of carbonyl (C=O) groups is 1. The van der Waals surface area contributed by atoms with E-state index < -0.39 is 12.0 Å². The van der Waals surface area contributed by atoms with Crippen LogP contribution in [0.25, 0.3) is 6.08 Å². The summed E-state index contributed by atoms with van der Waals surface area (Å²) in [5, 5.41) is 0.972. The summed E-state index contributed by atoms with van der Waals surface area (Å²) in [5.41, 5.74) is 1.83. The van der Waals surface area contributed by atoms with E-state index in [0.717, 1.165) is 5.56 Å². The van der Waals surface area contributed by atoms with E-state index in [9.17, 15) is 9.59 Å². The Balaban J connectivity index is 1.71. The van der Waals surface area contributed by atoms with E-state index in [2.05, 4.69) is 4.99 Å². The first-order valence-electron chi connectivity index (χ1n) is 10.4. The SMILES string of the molecule is CCOC(=O)C1=C(C)N=c2s/c(=C\c3cc4c(cc3Cl)OCO4)c(=O)n2[C@@H]1c1ccc(Cl)cc1. The molecule has 2 aliphatic heterocycles. The Morgan fingerprint density at radius 1 is 1.24 bits per heavy atom. The number of aromatic nitrogens is 1. The summed E-state index contributed by atoms with van der Waals surface area (Å²) in [6.45, 7) is 3.79. The molecule has 0 amide bonds. The molecule has 2 aromatic carbocycles. The number of nitrogens with zero attached hydrogens (tertiary/aromatic N) is 2. The van der Waals surface area contributed by atoms with Gasteiger partial charge in [-0.2, -0.15) is 0 Å². The van der Waals surface area contributed by atoms with Crippen LogP contribution >= 0.6 is 34.5 Å². The molecular weight excluding hydrogens is 499 g/mol. The van der Waals surface area contributed by atoms with Gasteiger partial charge in [0, 0.05) is 11.1 Å². The highest BCUT2D eigenvalue weighted by molar-refractivity contribution is 7.07. The number of benzene rings is 2. The van der Waals surface area contributed by atoms with Gasteiger partial charge in [-0.05, 0) is 49.2 Å². The number of hydrogen-bond acceptors (Lipinski definition) is 7. The van der Waals surface area contributed by atoms with Crippen LogP contribution in [0.3, 0.4) is 0 Å². The monoisotopic (exact) mass is 516 g/mol. The molecular formula is C24H18Cl2N2O5S. The molecule has 0 saturated carbocycles. The van der Waals surface area contributed by atoms with Crippen LogP contribution in [0.5, 0.6) is 11.5 Å². The first kappa shape index (κ1) is 22.7. The highest BCUT2D eigenvalue weighted by Gasteiger charge is 2.33. The summed E-state index contributed by atoms with van der Waals surface area (Å²) < 4.78 is 18.0. The van der Waals surface area contributed by atoms with Gasteiger partial charge in [0.2, 0.25) is 6.79 Å². The molecule has 3 heterocycles. The van der Waals surface area contributed by atoms with Gasteiger partial charge in [-0.3, -0.25) is 9.36 Å². The van der Waals surface area contributed by atoms with Crippen LogP contribution in [0.1, 0.15) is 31.0 Å². The number of halogens is 2. The van der Waals surface area contributed by atoms with Crippen molar-refractivity contribution in [3.63, 3.8) is 0 Å². The van der Waals surface area contributed by atoms with E-state index in [-0.39, 0.29) is 19.0 Å². The van der Waals surface area contributed by atoms with Crippen molar-refractivity contribution in [3.05, 3.63) is 88.5 Å². The lowest BCUT2D eigenvalue weighted by Crippen LogP contribution is -2.39.